The molecule has 17 heavy (non-hydrogen) atoms. The summed E-state index contributed by atoms with van der Waals surface area (Å²) in [4.78, 5) is 2.45. The van der Waals surface area contributed by atoms with Gasteiger partial charge in [0.05, 0.1) is 0 Å². The van der Waals surface area contributed by atoms with E-state index in [4.69, 9.17) is 5.73 Å². The van der Waals surface area contributed by atoms with E-state index in [1.165, 1.54) is 5.56 Å². The molecule has 0 aliphatic heterocycles. The van der Waals surface area contributed by atoms with Crippen LogP contribution in [0, 0.1) is 0 Å². The first-order valence-electron chi connectivity index (χ1n) is 6.55. The summed E-state index contributed by atoms with van der Waals surface area (Å²) in [7, 11) is 0. The Labute approximate surface area is 105 Å². The van der Waals surface area contributed by atoms with Crippen molar-refractivity contribution in [2.24, 2.45) is 5.73 Å². The predicted octanol–water partition coefficient (Wildman–Crippen LogP) is 1.94. The van der Waals surface area contributed by atoms with Crippen LogP contribution in [0.2, 0.25) is 0 Å². The van der Waals surface area contributed by atoms with Crippen molar-refractivity contribution in [1.29, 1.82) is 0 Å². The van der Waals surface area contributed by atoms with Gasteiger partial charge >= 0.3 is 0 Å². The van der Waals surface area contributed by atoms with E-state index in [1.54, 1.807) is 0 Å². The number of anilines is 1. The standard InChI is InChI=1S/C14H25N3/c1-3-17(4-2)12-9-13-5-7-14(8-6-13)16-11-10-15/h5-8,16H,3-4,9-12,15H2,1-2H3. The molecule has 0 amide bonds. The Morgan fingerprint density at radius 3 is 2.29 bits per heavy atom. The molecule has 1 rings (SSSR count). The third kappa shape index (κ3) is 5.20. The molecule has 3 nitrogen and oxygen atoms in total. The molecular weight excluding hydrogens is 210 g/mol. The van der Waals surface area contributed by atoms with Crippen LogP contribution in [0.25, 0.3) is 0 Å². The molecule has 3 heteroatoms. The maximum Gasteiger partial charge on any atom is 0.0340 e. The highest BCUT2D eigenvalue weighted by Gasteiger charge is 2.00. The minimum Gasteiger partial charge on any atom is -0.384 e. The Kier molecular flexibility index (Phi) is 6.67. The number of likely N-dealkylation sites (N-methyl/N-ethyl adjacent to an activating group) is 1. The minimum atomic E-state index is 0.670. The fourth-order valence-electron chi connectivity index (χ4n) is 1.83. The molecule has 0 unspecified atom stereocenters. The normalized spacial score (nSPS) is 10.8. The molecule has 0 fully saturated rings. The Balaban J connectivity index is 2.39. The van der Waals surface area contributed by atoms with E-state index in [0.29, 0.717) is 6.54 Å². The topological polar surface area (TPSA) is 41.3 Å². The molecule has 0 bridgehead atoms. The molecule has 1 aromatic carbocycles. The van der Waals surface area contributed by atoms with Gasteiger partial charge < -0.3 is 16.0 Å². The lowest BCUT2D eigenvalue weighted by molar-refractivity contribution is 0.308. The first-order chi connectivity index (χ1) is 8.30. The van der Waals surface area contributed by atoms with Gasteiger partial charge in [-0.2, -0.15) is 0 Å². The minimum absolute atomic E-state index is 0.670. The first kappa shape index (κ1) is 14.0. The van der Waals surface area contributed by atoms with Crippen molar-refractivity contribution in [3.05, 3.63) is 29.8 Å². The second kappa shape index (κ2) is 8.09. The monoisotopic (exact) mass is 235 g/mol. The van der Waals surface area contributed by atoms with Crippen LogP contribution >= 0.6 is 0 Å². The van der Waals surface area contributed by atoms with Crippen LogP contribution in [-0.4, -0.2) is 37.6 Å². The molecule has 0 aliphatic rings. The lowest BCUT2D eigenvalue weighted by atomic mass is 10.1. The summed E-state index contributed by atoms with van der Waals surface area (Å²) in [6, 6.07) is 8.66. The van der Waals surface area contributed by atoms with Gasteiger partial charge in [0.15, 0.2) is 0 Å². The lowest BCUT2D eigenvalue weighted by Gasteiger charge is -2.17. The zero-order valence-electron chi connectivity index (χ0n) is 11.1. The zero-order chi connectivity index (χ0) is 12.5. The summed E-state index contributed by atoms with van der Waals surface area (Å²) in [6.07, 6.45) is 1.12. The summed E-state index contributed by atoms with van der Waals surface area (Å²) in [5.41, 5.74) is 8.00. The fraction of sp³-hybridized carbons (Fsp3) is 0.571. The Morgan fingerprint density at radius 1 is 1.12 bits per heavy atom. The Hall–Kier alpha value is -1.06. The largest absolute Gasteiger partial charge is 0.384 e. The summed E-state index contributed by atoms with van der Waals surface area (Å²) in [6.45, 7) is 9.33. The second-order valence-corrected chi connectivity index (χ2v) is 4.19. The summed E-state index contributed by atoms with van der Waals surface area (Å²) in [5.74, 6) is 0. The quantitative estimate of drug-likeness (QED) is 0.723. The number of nitrogens with zero attached hydrogens (tertiary/aromatic N) is 1. The van der Waals surface area contributed by atoms with Crippen molar-refractivity contribution in [2.75, 3.05) is 38.0 Å². The molecule has 0 atom stereocenters. The molecule has 0 aliphatic carbocycles. The van der Waals surface area contributed by atoms with Crippen LogP contribution in [0.1, 0.15) is 19.4 Å². The van der Waals surface area contributed by atoms with E-state index in [9.17, 15) is 0 Å². The number of hydrogen-bond acceptors (Lipinski definition) is 3. The molecule has 0 saturated carbocycles. The van der Waals surface area contributed by atoms with Crippen molar-refractivity contribution in [3.63, 3.8) is 0 Å². The fourth-order valence-corrected chi connectivity index (χ4v) is 1.83. The van der Waals surface area contributed by atoms with E-state index >= 15 is 0 Å². The van der Waals surface area contributed by atoms with Gasteiger partial charge in [-0.3, -0.25) is 0 Å². The van der Waals surface area contributed by atoms with Crippen molar-refractivity contribution in [2.45, 2.75) is 20.3 Å². The van der Waals surface area contributed by atoms with Crippen molar-refractivity contribution < 1.29 is 0 Å². The zero-order valence-corrected chi connectivity index (χ0v) is 11.1. The van der Waals surface area contributed by atoms with Crippen LogP contribution < -0.4 is 11.1 Å². The first-order valence-corrected chi connectivity index (χ1v) is 6.55. The van der Waals surface area contributed by atoms with Gasteiger partial charge in [-0.1, -0.05) is 26.0 Å². The molecule has 0 aromatic heterocycles. The van der Waals surface area contributed by atoms with Gasteiger partial charge in [-0.05, 0) is 37.2 Å². The molecule has 0 heterocycles. The third-order valence-electron chi connectivity index (χ3n) is 3.04. The second-order valence-electron chi connectivity index (χ2n) is 4.19. The summed E-state index contributed by atoms with van der Waals surface area (Å²) in [5, 5.41) is 3.27. The molecular formula is C14H25N3. The predicted molar refractivity (Wildman–Crippen MR) is 75.5 cm³/mol. The van der Waals surface area contributed by atoms with Crippen LogP contribution in [0.5, 0.6) is 0 Å². The highest BCUT2D eigenvalue weighted by molar-refractivity contribution is 5.44. The SMILES string of the molecule is CCN(CC)CCc1ccc(NCCN)cc1. The number of benzene rings is 1. The highest BCUT2D eigenvalue weighted by atomic mass is 15.1. The van der Waals surface area contributed by atoms with E-state index in [2.05, 4.69) is 48.3 Å². The highest BCUT2D eigenvalue weighted by Crippen LogP contribution is 2.10. The van der Waals surface area contributed by atoms with Crippen LogP contribution in [-0.2, 0) is 6.42 Å². The van der Waals surface area contributed by atoms with Crippen molar-refractivity contribution in [1.82, 2.24) is 4.90 Å². The van der Waals surface area contributed by atoms with E-state index in [-0.39, 0.29) is 0 Å². The number of hydrogen-bond donors (Lipinski definition) is 2. The van der Waals surface area contributed by atoms with Crippen LogP contribution in [0.4, 0.5) is 5.69 Å². The van der Waals surface area contributed by atoms with Gasteiger partial charge in [0.25, 0.3) is 0 Å². The number of nitrogens with two attached hydrogens (primary N) is 1. The molecule has 96 valence electrons. The Morgan fingerprint density at radius 2 is 1.76 bits per heavy atom. The third-order valence-corrected chi connectivity index (χ3v) is 3.04. The van der Waals surface area contributed by atoms with E-state index in [0.717, 1.165) is 38.3 Å². The van der Waals surface area contributed by atoms with Gasteiger partial charge in [0.1, 0.15) is 0 Å². The van der Waals surface area contributed by atoms with Crippen molar-refractivity contribution in [3.8, 4) is 0 Å². The maximum atomic E-state index is 5.45. The van der Waals surface area contributed by atoms with Gasteiger partial charge in [-0.25, -0.2) is 0 Å². The van der Waals surface area contributed by atoms with Gasteiger partial charge in [-0.15, -0.1) is 0 Å². The number of rotatable bonds is 8. The van der Waals surface area contributed by atoms with Gasteiger partial charge in [0, 0.05) is 25.3 Å². The van der Waals surface area contributed by atoms with Crippen LogP contribution in [0.3, 0.4) is 0 Å². The molecule has 3 N–H and O–H groups in total. The molecule has 1 aromatic rings. The summed E-state index contributed by atoms with van der Waals surface area (Å²) < 4.78 is 0. The molecule has 0 radical (unpaired) electrons. The summed E-state index contributed by atoms with van der Waals surface area (Å²) >= 11 is 0. The van der Waals surface area contributed by atoms with E-state index in [1.807, 2.05) is 0 Å². The van der Waals surface area contributed by atoms with Crippen molar-refractivity contribution >= 4 is 5.69 Å². The average molecular weight is 235 g/mol. The van der Waals surface area contributed by atoms with Crippen LogP contribution in [0.15, 0.2) is 24.3 Å². The Bertz CT molecular complexity index is 291. The lowest BCUT2D eigenvalue weighted by Crippen LogP contribution is -2.25. The molecule has 0 spiro atoms. The number of nitrogens with one attached hydrogen (secondary N) is 1. The smallest absolute Gasteiger partial charge is 0.0340 e. The van der Waals surface area contributed by atoms with Gasteiger partial charge in [0.2, 0.25) is 0 Å². The maximum absolute atomic E-state index is 5.45. The molecule has 0 saturated heterocycles. The van der Waals surface area contributed by atoms with E-state index < -0.39 is 0 Å². The average Bonchev–Trinajstić information content (AvgIpc) is 2.39.